The van der Waals surface area contributed by atoms with Crippen LogP contribution in [0.1, 0.15) is 21.2 Å². The van der Waals surface area contributed by atoms with Crippen molar-refractivity contribution in [2.75, 3.05) is 5.32 Å². The van der Waals surface area contributed by atoms with Gasteiger partial charge < -0.3 is 0 Å². The lowest BCUT2D eigenvalue weighted by atomic mass is 10.4. The predicted octanol–water partition coefficient (Wildman–Crippen LogP) is 1.13. The first-order valence-corrected chi connectivity index (χ1v) is 5.09. The number of nitrogens with one attached hydrogen (secondary N) is 2. The quantitative estimate of drug-likeness (QED) is 0.799. The molecule has 2 aromatic heterocycles. The molecule has 0 unspecified atom stereocenters. The van der Waals surface area contributed by atoms with E-state index in [0.29, 0.717) is 5.13 Å². The molecule has 15 heavy (non-hydrogen) atoms. The third-order valence-corrected chi connectivity index (χ3v) is 2.87. The number of aryl methyl sites for hydroxylation is 2. The lowest BCUT2D eigenvalue weighted by molar-refractivity contribution is 0.101. The molecule has 0 saturated heterocycles. The van der Waals surface area contributed by atoms with E-state index >= 15 is 0 Å². The molecule has 0 spiro atoms. The van der Waals surface area contributed by atoms with Crippen LogP contribution in [0.15, 0.2) is 6.33 Å². The fourth-order valence-corrected chi connectivity index (χ4v) is 1.81. The number of aromatic amines is 1. The number of amides is 1. The lowest BCUT2D eigenvalue weighted by Crippen LogP contribution is -2.13. The molecule has 0 atom stereocenters. The summed E-state index contributed by atoms with van der Waals surface area (Å²) in [5.41, 5.74) is 0.924. The molecule has 7 heteroatoms. The highest BCUT2D eigenvalue weighted by Crippen LogP contribution is 2.21. The summed E-state index contributed by atoms with van der Waals surface area (Å²) in [6.45, 7) is 3.85. The van der Waals surface area contributed by atoms with Gasteiger partial charge in [0.1, 0.15) is 6.33 Å². The lowest BCUT2D eigenvalue weighted by Gasteiger charge is -1.95. The second-order valence-corrected chi connectivity index (χ2v) is 4.15. The highest BCUT2D eigenvalue weighted by Gasteiger charge is 2.11. The van der Waals surface area contributed by atoms with Gasteiger partial charge in [-0.25, -0.2) is 9.97 Å². The summed E-state index contributed by atoms with van der Waals surface area (Å²) in [7, 11) is 0. The first-order chi connectivity index (χ1) is 7.16. The molecule has 0 aliphatic rings. The van der Waals surface area contributed by atoms with Crippen LogP contribution in [0.2, 0.25) is 0 Å². The zero-order valence-electron chi connectivity index (χ0n) is 8.24. The summed E-state index contributed by atoms with van der Waals surface area (Å²) in [4.78, 5) is 20.5. The Hall–Kier alpha value is -1.76. The second kappa shape index (κ2) is 3.77. The Morgan fingerprint density at radius 2 is 2.33 bits per heavy atom. The van der Waals surface area contributed by atoms with Crippen molar-refractivity contribution in [3.63, 3.8) is 0 Å². The van der Waals surface area contributed by atoms with Crippen LogP contribution in [-0.2, 0) is 0 Å². The molecule has 0 saturated carbocycles. The third-order valence-electron chi connectivity index (χ3n) is 1.88. The zero-order valence-corrected chi connectivity index (χ0v) is 9.05. The molecular formula is C8H9N5OS. The number of nitrogens with zero attached hydrogens (tertiary/aromatic N) is 3. The van der Waals surface area contributed by atoms with Crippen LogP contribution in [0, 0.1) is 13.8 Å². The van der Waals surface area contributed by atoms with E-state index in [2.05, 4.69) is 25.5 Å². The molecule has 2 aromatic rings. The molecular weight excluding hydrogens is 214 g/mol. The number of hydrogen-bond acceptors (Lipinski definition) is 5. The van der Waals surface area contributed by atoms with E-state index in [9.17, 15) is 4.79 Å². The predicted molar refractivity (Wildman–Crippen MR) is 55.9 cm³/mol. The minimum Gasteiger partial charge on any atom is -0.295 e. The van der Waals surface area contributed by atoms with Gasteiger partial charge in [0, 0.05) is 4.88 Å². The van der Waals surface area contributed by atoms with E-state index in [-0.39, 0.29) is 11.7 Å². The van der Waals surface area contributed by atoms with E-state index in [0.717, 1.165) is 10.6 Å². The number of thiazole rings is 1. The zero-order chi connectivity index (χ0) is 10.8. The Morgan fingerprint density at radius 3 is 2.87 bits per heavy atom. The minimum atomic E-state index is -0.332. The number of rotatable bonds is 2. The number of carbonyl (C=O) groups is 1. The molecule has 2 rings (SSSR count). The monoisotopic (exact) mass is 223 g/mol. The highest BCUT2D eigenvalue weighted by molar-refractivity contribution is 7.15. The molecule has 1 amide bonds. The Labute approximate surface area is 89.8 Å². The minimum absolute atomic E-state index is 0.181. The second-order valence-electron chi connectivity index (χ2n) is 2.95. The van der Waals surface area contributed by atoms with Gasteiger partial charge in [0.2, 0.25) is 5.82 Å². The number of anilines is 1. The van der Waals surface area contributed by atoms with Gasteiger partial charge in [0.05, 0.1) is 5.69 Å². The fourth-order valence-electron chi connectivity index (χ4n) is 0.997. The van der Waals surface area contributed by atoms with E-state index < -0.39 is 0 Å². The maximum Gasteiger partial charge on any atom is 0.294 e. The van der Waals surface area contributed by atoms with Crippen molar-refractivity contribution in [1.29, 1.82) is 0 Å². The maximum absolute atomic E-state index is 11.5. The number of carbonyl (C=O) groups excluding carboxylic acids is 1. The van der Waals surface area contributed by atoms with Crippen LogP contribution in [0.4, 0.5) is 5.13 Å². The molecule has 0 aliphatic heterocycles. The standard InChI is InChI=1S/C8H9N5OS/c1-4-5(2)15-8(11-4)12-7(14)6-9-3-10-13-6/h3H,1-2H3,(H,9,10,13)(H,11,12,14). The smallest absolute Gasteiger partial charge is 0.294 e. The van der Waals surface area contributed by atoms with Gasteiger partial charge in [0.15, 0.2) is 5.13 Å². The van der Waals surface area contributed by atoms with Crippen LogP contribution in [-0.4, -0.2) is 26.1 Å². The summed E-state index contributed by atoms with van der Waals surface area (Å²) in [5, 5.41) is 9.29. The topological polar surface area (TPSA) is 83.6 Å². The summed E-state index contributed by atoms with van der Waals surface area (Å²) >= 11 is 1.43. The van der Waals surface area contributed by atoms with Crippen LogP contribution >= 0.6 is 11.3 Å². The fraction of sp³-hybridized carbons (Fsp3) is 0.250. The molecule has 2 N–H and O–H groups in total. The van der Waals surface area contributed by atoms with E-state index in [1.54, 1.807) is 0 Å². The molecule has 0 aromatic carbocycles. The van der Waals surface area contributed by atoms with Crippen molar-refractivity contribution >= 4 is 22.4 Å². The van der Waals surface area contributed by atoms with Crippen LogP contribution < -0.4 is 5.32 Å². The van der Waals surface area contributed by atoms with Crippen LogP contribution in [0.3, 0.4) is 0 Å². The number of aromatic nitrogens is 4. The molecule has 0 radical (unpaired) electrons. The normalized spacial score (nSPS) is 10.3. The van der Waals surface area contributed by atoms with Crippen molar-refractivity contribution in [2.24, 2.45) is 0 Å². The van der Waals surface area contributed by atoms with Crippen LogP contribution in [0.25, 0.3) is 0 Å². The SMILES string of the molecule is Cc1nc(NC(=O)c2ncn[nH]2)sc1C. The van der Waals surface area contributed by atoms with Gasteiger partial charge in [-0.15, -0.1) is 11.3 Å². The van der Waals surface area contributed by atoms with E-state index in [1.165, 1.54) is 17.7 Å². The Bertz CT molecular complexity index is 456. The summed E-state index contributed by atoms with van der Waals surface area (Å²) in [6.07, 6.45) is 1.28. The number of hydrogen-bond donors (Lipinski definition) is 2. The van der Waals surface area contributed by atoms with Crippen molar-refractivity contribution in [3.8, 4) is 0 Å². The van der Waals surface area contributed by atoms with Crippen molar-refractivity contribution in [1.82, 2.24) is 20.2 Å². The Kier molecular flexibility index (Phi) is 2.46. The maximum atomic E-state index is 11.5. The Morgan fingerprint density at radius 1 is 1.53 bits per heavy atom. The average Bonchev–Trinajstić information content (AvgIpc) is 2.77. The van der Waals surface area contributed by atoms with Gasteiger partial charge in [-0.1, -0.05) is 0 Å². The molecule has 2 heterocycles. The van der Waals surface area contributed by atoms with Crippen LogP contribution in [0.5, 0.6) is 0 Å². The molecule has 0 bridgehead atoms. The largest absolute Gasteiger partial charge is 0.295 e. The van der Waals surface area contributed by atoms with Gasteiger partial charge in [-0.2, -0.15) is 5.10 Å². The van der Waals surface area contributed by atoms with Gasteiger partial charge >= 0.3 is 0 Å². The van der Waals surface area contributed by atoms with Gasteiger partial charge in [-0.05, 0) is 13.8 Å². The van der Waals surface area contributed by atoms with Gasteiger partial charge in [0.25, 0.3) is 5.91 Å². The van der Waals surface area contributed by atoms with E-state index in [4.69, 9.17) is 0 Å². The highest BCUT2D eigenvalue weighted by atomic mass is 32.1. The average molecular weight is 223 g/mol. The van der Waals surface area contributed by atoms with Gasteiger partial charge in [-0.3, -0.25) is 15.2 Å². The van der Waals surface area contributed by atoms with Crippen molar-refractivity contribution < 1.29 is 4.79 Å². The Balaban J connectivity index is 2.13. The van der Waals surface area contributed by atoms with Crippen molar-refractivity contribution in [3.05, 3.63) is 22.7 Å². The molecule has 6 nitrogen and oxygen atoms in total. The molecule has 78 valence electrons. The first kappa shape index (κ1) is 9.78. The first-order valence-electron chi connectivity index (χ1n) is 4.27. The third kappa shape index (κ3) is 2.01. The summed E-state index contributed by atoms with van der Waals surface area (Å²) in [5.74, 6) is -0.151. The van der Waals surface area contributed by atoms with E-state index in [1.807, 2.05) is 13.8 Å². The summed E-state index contributed by atoms with van der Waals surface area (Å²) in [6, 6.07) is 0. The number of H-pyrrole nitrogens is 1. The van der Waals surface area contributed by atoms with Crippen molar-refractivity contribution in [2.45, 2.75) is 13.8 Å². The molecule has 0 aliphatic carbocycles. The summed E-state index contributed by atoms with van der Waals surface area (Å²) < 4.78 is 0. The molecule has 0 fully saturated rings.